The van der Waals surface area contributed by atoms with E-state index in [1.54, 1.807) is 38.5 Å². The molecule has 7 nitrogen and oxygen atoms in total. The molecule has 3 aromatic carbocycles. The molecule has 0 bridgehead atoms. The summed E-state index contributed by atoms with van der Waals surface area (Å²) >= 11 is 0. The van der Waals surface area contributed by atoms with Crippen molar-refractivity contribution in [2.75, 3.05) is 20.8 Å². The fourth-order valence-corrected chi connectivity index (χ4v) is 3.55. The Morgan fingerprint density at radius 2 is 1.74 bits per heavy atom. The van der Waals surface area contributed by atoms with Crippen LogP contribution in [0.5, 0.6) is 17.2 Å². The second kappa shape index (κ2) is 10.5. The van der Waals surface area contributed by atoms with Gasteiger partial charge >= 0.3 is 0 Å². The number of aromatic nitrogens is 1. The number of rotatable bonds is 8. The highest BCUT2D eigenvalue weighted by Gasteiger charge is 2.14. The van der Waals surface area contributed by atoms with Crippen molar-refractivity contribution in [2.24, 2.45) is 5.10 Å². The van der Waals surface area contributed by atoms with Crippen LogP contribution in [0, 0.1) is 0 Å². The molecule has 4 aromatic rings. The van der Waals surface area contributed by atoms with Gasteiger partial charge in [-0.15, -0.1) is 0 Å². The predicted octanol–water partition coefficient (Wildman–Crippen LogP) is 5.08. The molecule has 1 N–H and O–H groups in total. The third kappa shape index (κ3) is 4.99. The Hall–Kier alpha value is -4.39. The summed E-state index contributed by atoms with van der Waals surface area (Å²) in [6, 6.07) is 22.3. The van der Waals surface area contributed by atoms with E-state index in [4.69, 9.17) is 19.2 Å². The van der Waals surface area contributed by atoms with Crippen LogP contribution in [0.4, 0.5) is 0 Å². The van der Waals surface area contributed by atoms with Crippen molar-refractivity contribution < 1.29 is 19.0 Å². The van der Waals surface area contributed by atoms with Crippen LogP contribution in [-0.2, 0) is 0 Å². The SMILES string of the molecule is CCOc1ccc(-c2cc(C(=O)N/N=C/c3ccc(OC)cc3OC)c3ccccc3n2)cc1. The number of hydrazone groups is 1. The van der Waals surface area contributed by atoms with Gasteiger partial charge in [0.1, 0.15) is 17.2 Å². The van der Waals surface area contributed by atoms with Crippen molar-refractivity contribution in [1.82, 2.24) is 10.4 Å². The molecule has 0 fully saturated rings. The minimum atomic E-state index is -0.338. The van der Waals surface area contributed by atoms with E-state index < -0.39 is 0 Å². The van der Waals surface area contributed by atoms with Crippen LogP contribution in [0.2, 0.25) is 0 Å². The molecule has 1 amide bonds. The van der Waals surface area contributed by atoms with Gasteiger partial charge in [-0.05, 0) is 55.5 Å². The first kappa shape index (κ1) is 22.8. The van der Waals surface area contributed by atoms with Crippen LogP contribution in [0.25, 0.3) is 22.2 Å². The average Bonchev–Trinajstić information content (AvgIpc) is 2.88. The second-order valence-corrected chi connectivity index (χ2v) is 7.34. The summed E-state index contributed by atoms with van der Waals surface area (Å²) in [5.41, 5.74) is 6.10. The molecule has 0 saturated heterocycles. The minimum Gasteiger partial charge on any atom is -0.497 e. The Morgan fingerprint density at radius 3 is 2.47 bits per heavy atom. The average molecular weight is 456 g/mol. The maximum absolute atomic E-state index is 13.1. The Balaban J connectivity index is 1.63. The van der Waals surface area contributed by atoms with Gasteiger partial charge in [0.15, 0.2) is 0 Å². The van der Waals surface area contributed by atoms with Crippen LogP contribution in [-0.4, -0.2) is 37.9 Å². The normalized spacial score (nSPS) is 10.9. The molecule has 0 aliphatic heterocycles. The number of carbonyl (C=O) groups is 1. The number of carbonyl (C=O) groups excluding carboxylic acids is 1. The number of ether oxygens (including phenoxy) is 3. The fourth-order valence-electron chi connectivity index (χ4n) is 3.55. The van der Waals surface area contributed by atoms with Crippen molar-refractivity contribution in [3.05, 3.63) is 83.9 Å². The van der Waals surface area contributed by atoms with Gasteiger partial charge < -0.3 is 14.2 Å². The number of fused-ring (bicyclic) bond motifs is 1. The molecule has 0 saturated carbocycles. The number of pyridine rings is 1. The number of nitrogens with zero attached hydrogens (tertiary/aromatic N) is 2. The van der Waals surface area contributed by atoms with Gasteiger partial charge in [-0.25, -0.2) is 10.4 Å². The quantitative estimate of drug-likeness (QED) is 0.296. The number of hydrogen-bond acceptors (Lipinski definition) is 6. The van der Waals surface area contributed by atoms with E-state index in [1.807, 2.05) is 55.5 Å². The number of amides is 1. The van der Waals surface area contributed by atoms with E-state index >= 15 is 0 Å². The first-order valence-electron chi connectivity index (χ1n) is 10.8. The zero-order valence-electron chi connectivity index (χ0n) is 19.2. The highest BCUT2D eigenvalue weighted by atomic mass is 16.5. The Bertz CT molecular complexity index is 1330. The molecule has 4 rings (SSSR count). The topological polar surface area (TPSA) is 82.0 Å². The van der Waals surface area contributed by atoms with E-state index in [-0.39, 0.29) is 5.91 Å². The van der Waals surface area contributed by atoms with Gasteiger partial charge in [0.05, 0.1) is 43.8 Å². The van der Waals surface area contributed by atoms with Gasteiger partial charge in [0.2, 0.25) is 0 Å². The molecule has 0 aliphatic rings. The molecule has 34 heavy (non-hydrogen) atoms. The maximum atomic E-state index is 13.1. The zero-order chi connectivity index (χ0) is 23.9. The third-order valence-electron chi connectivity index (χ3n) is 5.23. The maximum Gasteiger partial charge on any atom is 0.272 e. The fraction of sp³-hybridized carbons (Fsp3) is 0.148. The van der Waals surface area contributed by atoms with E-state index in [2.05, 4.69) is 10.5 Å². The lowest BCUT2D eigenvalue weighted by atomic mass is 10.0. The van der Waals surface area contributed by atoms with Crippen LogP contribution in [0.15, 0.2) is 77.9 Å². The highest BCUT2D eigenvalue weighted by molar-refractivity contribution is 6.07. The zero-order valence-corrected chi connectivity index (χ0v) is 19.2. The standard InChI is InChI=1S/C27H25N3O4/c1-4-34-20-12-9-18(10-13-20)25-16-23(22-7-5-6-8-24(22)29-25)27(31)30-28-17-19-11-14-21(32-2)15-26(19)33-3/h5-17H,4H2,1-3H3,(H,30,31)/b28-17+. The number of hydrogen-bond donors (Lipinski definition) is 1. The van der Waals surface area contributed by atoms with E-state index in [9.17, 15) is 4.79 Å². The molecule has 0 atom stereocenters. The lowest BCUT2D eigenvalue weighted by Gasteiger charge is -2.10. The van der Waals surface area contributed by atoms with Crippen molar-refractivity contribution in [2.45, 2.75) is 6.92 Å². The molecular weight excluding hydrogens is 430 g/mol. The van der Waals surface area contributed by atoms with Crippen molar-refractivity contribution in [1.29, 1.82) is 0 Å². The molecule has 1 heterocycles. The summed E-state index contributed by atoms with van der Waals surface area (Å²) in [5.74, 6) is 1.70. The summed E-state index contributed by atoms with van der Waals surface area (Å²) < 4.78 is 16.1. The number of methoxy groups -OCH3 is 2. The van der Waals surface area contributed by atoms with Gasteiger partial charge in [-0.2, -0.15) is 5.10 Å². The van der Waals surface area contributed by atoms with E-state index in [0.717, 1.165) is 22.2 Å². The highest BCUT2D eigenvalue weighted by Crippen LogP contribution is 2.27. The first-order chi connectivity index (χ1) is 16.6. The van der Waals surface area contributed by atoms with Gasteiger partial charge in [0.25, 0.3) is 5.91 Å². The predicted molar refractivity (Wildman–Crippen MR) is 133 cm³/mol. The monoisotopic (exact) mass is 455 g/mol. The minimum absolute atomic E-state index is 0.338. The van der Waals surface area contributed by atoms with Crippen LogP contribution >= 0.6 is 0 Å². The lowest BCUT2D eigenvalue weighted by Crippen LogP contribution is -2.18. The van der Waals surface area contributed by atoms with Gasteiger partial charge in [-0.1, -0.05) is 18.2 Å². The van der Waals surface area contributed by atoms with Crippen molar-refractivity contribution >= 4 is 23.0 Å². The summed E-state index contributed by atoms with van der Waals surface area (Å²) in [6.45, 7) is 2.54. The molecule has 1 aromatic heterocycles. The Kier molecular flexibility index (Phi) is 7.03. The molecular formula is C27H25N3O4. The molecule has 0 radical (unpaired) electrons. The summed E-state index contributed by atoms with van der Waals surface area (Å²) in [4.78, 5) is 17.8. The number of benzene rings is 3. The van der Waals surface area contributed by atoms with Crippen LogP contribution in [0.3, 0.4) is 0 Å². The van der Waals surface area contributed by atoms with Gasteiger partial charge in [-0.3, -0.25) is 4.79 Å². The second-order valence-electron chi connectivity index (χ2n) is 7.34. The molecule has 7 heteroatoms. The Morgan fingerprint density at radius 1 is 0.971 bits per heavy atom. The summed E-state index contributed by atoms with van der Waals surface area (Å²) in [6.07, 6.45) is 1.53. The molecule has 172 valence electrons. The number of para-hydroxylation sites is 1. The van der Waals surface area contributed by atoms with E-state index in [0.29, 0.717) is 34.9 Å². The van der Waals surface area contributed by atoms with Gasteiger partial charge in [0, 0.05) is 22.6 Å². The Labute approximate surface area is 198 Å². The summed E-state index contributed by atoms with van der Waals surface area (Å²) in [5, 5.41) is 4.88. The largest absolute Gasteiger partial charge is 0.497 e. The third-order valence-corrected chi connectivity index (χ3v) is 5.23. The van der Waals surface area contributed by atoms with Crippen LogP contribution in [0.1, 0.15) is 22.8 Å². The first-order valence-corrected chi connectivity index (χ1v) is 10.8. The molecule has 0 spiro atoms. The smallest absolute Gasteiger partial charge is 0.272 e. The lowest BCUT2D eigenvalue weighted by molar-refractivity contribution is 0.0956. The number of nitrogens with one attached hydrogen (secondary N) is 1. The van der Waals surface area contributed by atoms with Crippen molar-refractivity contribution in [3.8, 4) is 28.5 Å². The van der Waals surface area contributed by atoms with Crippen molar-refractivity contribution in [3.63, 3.8) is 0 Å². The molecule has 0 aliphatic carbocycles. The van der Waals surface area contributed by atoms with E-state index in [1.165, 1.54) is 6.21 Å². The van der Waals surface area contributed by atoms with Crippen LogP contribution < -0.4 is 19.6 Å². The summed E-state index contributed by atoms with van der Waals surface area (Å²) in [7, 11) is 3.15. The molecule has 0 unspecified atom stereocenters.